The van der Waals surface area contributed by atoms with Crippen molar-refractivity contribution in [1.82, 2.24) is 14.1 Å². The van der Waals surface area contributed by atoms with Crippen LogP contribution >= 0.6 is 12.4 Å². The van der Waals surface area contributed by atoms with Gasteiger partial charge in [0, 0.05) is 12.1 Å². The lowest BCUT2D eigenvalue weighted by molar-refractivity contribution is 0.309. The zero-order valence-corrected chi connectivity index (χ0v) is 18.7. The van der Waals surface area contributed by atoms with Crippen LogP contribution in [0.1, 0.15) is 31.7 Å². The third kappa shape index (κ3) is 4.21. The fourth-order valence-electron chi connectivity index (χ4n) is 4.55. The monoisotopic (exact) mass is 466 g/mol. The van der Waals surface area contributed by atoms with Gasteiger partial charge in [-0.3, -0.25) is 9.36 Å². The van der Waals surface area contributed by atoms with Crippen LogP contribution in [0.2, 0.25) is 0 Å². The topological polar surface area (TPSA) is 82.9 Å². The number of fused-ring (bicyclic) bond motifs is 1. The van der Waals surface area contributed by atoms with Gasteiger partial charge in [0.05, 0.1) is 17.3 Å². The zero-order chi connectivity index (χ0) is 22.2. The molecule has 2 aromatic heterocycles. The molecule has 170 valence electrons. The normalized spacial score (nSPS) is 18.1. The van der Waals surface area contributed by atoms with Gasteiger partial charge in [0.2, 0.25) is 0 Å². The molecule has 8 heteroatoms. The molecule has 2 N–H and O–H groups in total. The van der Waals surface area contributed by atoms with E-state index in [0.29, 0.717) is 18.5 Å². The summed E-state index contributed by atoms with van der Waals surface area (Å²) in [4.78, 5) is 31.1. The quantitative estimate of drug-likeness (QED) is 0.490. The van der Waals surface area contributed by atoms with E-state index < -0.39 is 17.1 Å². The summed E-state index contributed by atoms with van der Waals surface area (Å²) >= 11 is 0. The minimum absolute atomic E-state index is 0. The van der Waals surface area contributed by atoms with E-state index in [9.17, 15) is 14.0 Å². The Morgan fingerprint density at radius 2 is 1.61 bits per heavy atom. The maximum absolute atomic E-state index is 14.0. The summed E-state index contributed by atoms with van der Waals surface area (Å²) in [5.41, 5.74) is 7.69. The van der Waals surface area contributed by atoms with E-state index in [1.54, 1.807) is 6.07 Å². The fourth-order valence-corrected chi connectivity index (χ4v) is 4.55. The van der Waals surface area contributed by atoms with Crippen LogP contribution in [0.3, 0.4) is 0 Å². The van der Waals surface area contributed by atoms with Gasteiger partial charge in [-0.1, -0.05) is 42.5 Å². The Morgan fingerprint density at radius 1 is 0.909 bits per heavy atom. The fraction of sp³-hybridized carbons (Fsp3) is 0.240. The van der Waals surface area contributed by atoms with Crippen molar-refractivity contribution >= 4 is 23.4 Å². The summed E-state index contributed by atoms with van der Waals surface area (Å²) in [6, 6.07) is 18.3. The van der Waals surface area contributed by atoms with Crippen LogP contribution in [-0.2, 0) is 0 Å². The van der Waals surface area contributed by atoms with Crippen molar-refractivity contribution < 1.29 is 4.39 Å². The highest BCUT2D eigenvalue weighted by Crippen LogP contribution is 2.27. The first-order valence-electron chi connectivity index (χ1n) is 10.8. The lowest BCUT2D eigenvalue weighted by atomic mass is 9.91. The molecule has 6 nitrogen and oxygen atoms in total. The molecule has 2 aromatic carbocycles. The summed E-state index contributed by atoms with van der Waals surface area (Å²) in [7, 11) is 0. The second kappa shape index (κ2) is 9.29. The molecule has 4 aromatic rings. The molecule has 0 amide bonds. The molecule has 1 fully saturated rings. The van der Waals surface area contributed by atoms with Gasteiger partial charge in [-0.2, -0.15) is 0 Å². The largest absolute Gasteiger partial charge is 0.337 e. The molecule has 0 radical (unpaired) electrons. The van der Waals surface area contributed by atoms with Crippen molar-refractivity contribution in [2.24, 2.45) is 5.73 Å². The first-order chi connectivity index (χ1) is 15.5. The van der Waals surface area contributed by atoms with Crippen LogP contribution in [0.25, 0.3) is 27.8 Å². The van der Waals surface area contributed by atoms with Crippen LogP contribution in [0, 0.1) is 5.82 Å². The van der Waals surface area contributed by atoms with Gasteiger partial charge < -0.3 is 5.73 Å². The highest BCUT2D eigenvalue weighted by atomic mass is 35.5. The second-order valence-corrected chi connectivity index (χ2v) is 8.30. The number of hydrogen-bond donors (Lipinski definition) is 1. The molecule has 1 saturated carbocycles. The number of benzene rings is 2. The van der Waals surface area contributed by atoms with E-state index >= 15 is 0 Å². The smallest absolute Gasteiger partial charge is 0.328 e. The first kappa shape index (κ1) is 22.9. The van der Waals surface area contributed by atoms with Crippen LogP contribution in [0.5, 0.6) is 0 Å². The van der Waals surface area contributed by atoms with Crippen LogP contribution in [0.15, 0.2) is 76.4 Å². The summed E-state index contributed by atoms with van der Waals surface area (Å²) in [6.07, 6.45) is 3.77. The molecule has 0 bridgehead atoms. The van der Waals surface area contributed by atoms with Crippen molar-refractivity contribution in [2.75, 3.05) is 0 Å². The third-order valence-corrected chi connectivity index (χ3v) is 6.21. The Labute approximate surface area is 195 Å². The standard InChI is InChI=1S/C25H23FN4O2.ClH/c26-18-14-22-23(28-15-18)29(21-8-4-7-17(13-21)16-5-2-1-3-6-16)25(32)30(24(22)31)20-11-9-19(27)10-12-20;/h1-8,13-15,19-20H,9-12,27H2;1H/t19-,20+;. The highest BCUT2D eigenvalue weighted by molar-refractivity contribution is 5.85. The predicted molar refractivity (Wildman–Crippen MR) is 130 cm³/mol. The average molecular weight is 467 g/mol. The van der Waals surface area contributed by atoms with Gasteiger partial charge in [0.25, 0.3) is 5.56 Å². The number of halogens is 2. The molecule has 33 heavy (non-hydrogen) atoms. The van der Waals surface area contributed by atoms with E-state index in [0.717, 1.165) is 36.2 Å². The Morgan fingerprint density at radius 3 is 2.33 bits per heavy atom. The number of rotatable bonds is 3. The number of aromatic nitrogens is 3. The van der Waals surface area contributed by atoms with Crippen molar-refractivity contribution in [3.63, 3.8) is 0 Å². The maximum Gasteiger partial charge on any atom is 0.337 e. The molecular formula is C25H24ClFN4O2. The van der Waals surface area contributed by atoms with E-state index in [1.807, 2.05) is 48.5 Å². The van der Waals surface area contributed by atoms with Gasteiger partial charge in [0.15, 0.2) is 5.65 Å². The minimum atomic E-state index is -0.616. The van der Waals surface area contributed by atoms with Crippen LogP contribution in [-0.4, -0.2) is 20.2 Å². The van der Waals surface area contributed by atoms with Gasteiger partial charge in [-0.05, 0) is 55.0 Å². The van der Waals surface area contributed by atoms with Crippen molar-refractivity contribution in [2.45, 2.75) is 37.8 Å². The lowest BCUT2D eigenvalue weighted by Gasteiger charge is -2.28. The molecule has 1 aliphatic carbocycles. The zero-order valence-electron chi connectivity index (χ0n) is 17.9. The summed E-state index contributed by atoms with van der Waals surface area (Å²) in [5.74, 6) is -0.616. The number of hydrogen-bond acceptors (Lipinski definition) is 4. The Bertz CT molecular complexity index is 1410. The van der Waals surface area contributed by atoms with E-state index in [1.165, 1.54) is 9.13 Å². The van der Waals surface area contributed by atoms with Gasteiger partial charge >= 0.3 is 5.69 Å². The second-order valence-electron chi connectivity index (χ2n) is 8.30. The molecule has 0 atom stereocenters. The maximum atomic E-state index is 14.0. The third-order valence-electron chi connectivity index (χ3n) is 6.21. The highest BCUT2D eigenvalue weighted by Gasteiger charge is 2.26. The summed E-state index contributed by atoms with van der Waals surface area (Å²) in [5, 5.41) is 0.0876. The molecule has 0 unspecified atom stereocenters. The average Bonchev–Trinajstić information content (AvgIpc) is 2.82. The van der Waals surface area contributed by atoms with Crippen molar-refractivity contribution in [3.8, 4) is 16.8 Å². The van der Waals surface area contributed by atoms with Gasteiger partial charge in [-0.25, -0.2) is 18.7 Å². The number of pyridine rings is 1. The molecule has 5 rings (SSSR count). The number of nitrogens with two attached hydrogens (primary N) is 1. The van der Waals surface area contributed by atoms with Crippen LogP contribution < -0.4 is 17.0 Å². The SMILES string of the molecule is Cl.N[C@H]1CC[C@@H](n2c(=O)c3cc(F)cnc3n(-c3cccc(-c4ccccc4)c3)c2=O)CC1. The van der Waals surface area contributed by atoms with Crippen molar-refractivity contribution in [3.05, 3.63) is 93.5 Å². The molecule has 0 aliphatic heterocycles. The molecule has 1 aliphatic rings. The predicted octanol–water partition coefficient (Wildman–Crippen LogP) is 4.22. The molecule has 0 spiro atoms. The Kier molecular flexibility index (Phi) is 6.44. The molecular weight excluding hydrogens is 443 g/mol. The number of nitrogens with zero attached hydrogens (tertiary/aromatic N) is 3. The minimum Gasteiger partial charge on any atom is -0.328 e. The van der Waals surface area contributed by atoms with E-state index in [4.69, 9.17) is 5.73 Å². The molecule has 2 heterocycles. The summed E-state index contributed by atoms with van der Waals surface area (Å²) < 4.78 is 16.7. The first-order valence-corrected chi connectivity index (χ1v) is 10.8. The van der Waals surface area contributed by atoms with E-state index in [2.05, 4.69) is 4.98 Å². The van der Waals surface area contributed by atoms with Crippen LogP contribution in [0.4, 0.5) is 4.39 Å². The molecule has 0 saturated heterocycles. The van der Waals surface area contributed by atoms with E-state index in [-0.39, 0.29) is 35.5 Å². The summed E-state index contributed by atoms with van der Waals surface area (Å²) in [6.45, 7) is 0. The van der Waals surface area contributed by atoms with Gasteiger partial charge in [0.1, 0.15) is 5.82 Å². The Balaban J connectivity index is 0.00000259. The Hall–Kier alpha value is -3.29. The van der Waals surface area contributed by atoms with Gasteiger partial charge in [-0.15, -0.1) is 12.4 Å². The van der Waals surface area contributed by atoms with Crippen molar-refractivity contribution in [1.29, 1.82) is 0 Å². The lowest BCUT2D eigenvalue weighted by Crippen LogP contribution is -2.44.